The van der Waals surface area contributed by atoms with Crippen molar-refractivity contribution < 1.29 is 28.9 Å². The highest BCUT2D eigenvalue weighted by molar-refractivity contribution is 6.99. The van der Waals surface area contributed by atoms with E-state index in [2.05, 4.69) is 44.6 Å². The van der Waals surface area contributed by atoms with Gasteiger partial charge in [-0.3, -0.25) is 4.79 Å². The SMILES string of the molecule is CC(C)(C)NC[C@H](O)COc1nsnc1N1CCOCC1.O=C(CCCN1CCC(O)(c2ccc(Cl)cc2)CC1)c1ccc(F)cc1. The molecular weight excluding hydrogens is 645 g/mol. The predicted molar refractivity (Wildman–Crippen MR) is 183 cm³/mol. The monoisotopic (exact) mass is 691 g/mol. The fourth-order valence-corrected chi connectivity index (χ4v) is 5.98. The Bertz CT molecular complexity index is 1370. The normalized spacial score (nSPS) is 17.5. The van der Waals surface area contributed by atoms with Gasteiger partial charge in [0, 0.05) is 55.3 Å². The molecule has 3 N–H and O–H groups in total. The molecule has 13 heteroatoms. The minimum atomic E-state index is -0.801. The quantitative estimate of drug-likeness (QED) is 0.226. The lowest BCUT2D eigenvalue weighted by molar-refractivity contribution is -0.0260. The number of likely N-dealkylation sites (tertiary alicyclic amines) is 1. The van der Waals surface area contributed by atoms with Crippen LogP contribution in [0.4, 0.5) is 10.2 Å². The number of piperidine rings is 1. The van der Waals surface area contributed by atoms with Gasteiger partial charge in [0.15, 0.2) is 5.78 Å². The molecule has 47 heavy (non-hydrogen) atoms. The maximum atomic E-state index is 12.9. The van der Waals surface area contributed by atoms with Crippen LogP contribution in [0.15, 0.2) is 48.5 Å². The predicted octanol–water partition coefficient (Wildman–Crippen LogP) is 4.93. The van der Waals surface area contributed by atoms with Gasteiger partial charge < -0.3 is 34.8 Å². The number of nitrogens with one attached hydrogen (secondary N) is 1. The molecule has 1 atom stereocenters. The summed E-state index contributed by atoms with van der Waals surface area (Å²) in [5.41, 5.74) is 0.642. The van der Waals surface area contributed by atoms with Gasteiger partial charge in [0.2, 0.25) is 5.82 Å². The number of halogens is 2. The van der Waals surface area contributed by atoms with Gasteiger partial charge in [-0.15, -0.1) is 4.37 Å². The summed E-state index contributed by atoms with van der Waals surface area (Å²) in [4.78, 5) is 16.5. The number of hydrogen-bond donors (Lipinski definition) is 3. The number of aliphatic hydroxyl groups is 2. The third-order valence-corrected chi connectivity index (χ3v) is 8.90. The fraction of sp³-hybridized carbons (Fsp3) is 0.559. The number of morpholine rings is 1. The zero-order valence-electron chi connectivity index (χ0n) is 27.5. The van der Waals surface area contributed by atoms with Crippen LogP contribution in [0.25, 0.3) is 0 Å². The molecule has 258 valence electrons. The van der Waals surface area contributed by atoms with Crippen molar-refractivity contribution in [3.05, 3.63) is 70.5 Å². The van der Waals surface area contributed by atoms with Crippen molar-refractivity contribution in [3.8, 4) is 5.88 Å². The molecule has 10 nitrogen and oxygen atoms in total. The number of rotatable bonds is 12. The summed E-state index contributed by atoms with van der Waals surface area (Å²) in [6.45, 7) is 12.2. The van der Waals surface area contributed by atoms with Crippen molar-refractivity contribution in [2.24, 2.45) is 0 Å². The number of ether oxygens (including phenoxy) is 2. The molecular formula is C34H47ClFN5O5S. The largest absolute Gasteiger partial charge is 0.472 e. The number of carbonyl (C=O) groups is 1. The number of hydrogen-bond acceptors (Lipinski definition) is 11. The minimum absolute atomic E-state index is 0.0257. The van der Waals surface area contributed by atoms with Crippen molar-refractivity contribution >= 4 is 34.9 Å². The molecule has 0 aliphatic carbocycles. The highest BCUT2D eigenvalue weighted by Crippen LogP contribution is 2.33. The number of carbonyl (C=O) groups excluding carboxylic acids is 1. The zero-order chi connectivity index (χ0) is 33.9. The lowest BCUT2D eigenvalue weighted by atomic mass is 9.84. The summed E-state index contributed by atoms with van der Waals surface area (Å²) in [6.07, 6.45) is 1.96. The van der Waals surface area contributed by atoms with E-state index in [1.54, 1.807) is 0 Å². The van der Waals surface area contributed by atoms with E-state index in [-0.39, 0.29) is 23.7 Å². The molecule has 0 amide bonds. The Balaban J connectivity index is 0.000000218. The van der Waals surface area contributed by atoms with E-state index in [0.29, 0.717) is 55.5 Å². The van der Waals surface area contributed by atoms with Crippen LogP contribution in [-0.2, 0) is 10.3 Å². The molecule has 3 heterocycles. The second-order valence-electron chi connectivity index (χ2n) is 13.0. The number of ketones is 1. The van der Waals surface area contributed by atoms with Gasteiger partial charge in [-0.25, -0.2) is 4.39 Å². The second kappa shape index (κ2) is 17.6. The van der Waals surface area contributed by atoms with Crippen LogP contribution in [0, 0.1) is 5.82 Å². The summed E-state index contributed by atoms with van der Waals surface area (Å²) in [7, 11) is 0. The van der Waals surface area contributed by atoms with E-state index < -0.39 is 11.7 Å². The van der Waals surface area contributed by atoms with Gasteiger partial charge >= 0.3 is 0 Å². The molecule has 2 aliphatic rings. The summed E-state index contributed by atoms with van der Waals surface area (Å²) in [5.74, 6) is 0.957. The van der Waals surface area contributed by atoms with Gasteiger partial charge in [0.05, 0.1) is 30.5 Å². The van der Waals surface area contributed by atoms with Crippen LogP contribution in [0.1, 0.15) is 62.4 Å². The smallest absolute Gasteiger partial charge is 0.270 e. The summed E-state index contributed by atoms with van der Waals surface area (Å²) in [5, 5.41) is 24.7. The Morgan fingerprint density at radius 1 is 1.09 bits per heavy atom. The molecule has 3 aromatic rings. The molecule has 2 fully saturated rings. The number of Topliss-reactive ketones (excluding diaryl/α,β-unsaturated/α-hetero) is 1. The Labute approximate surface area is 286 Å². The first-order chi connectivity index (χ1) is 22.4. The Morgan fingerprint density at radius 3 is 2.38 bits per heavy atom. The van der Waals surface area contributed by atoms with Crippen molar-refractivity contribution in [1.29, 1.82) is 0 Å². The molecule has 2 saturated heterocycles. The van der Waals surface area contributed by atoms with Gasteiger partial charge in [-0.05, 0) is 88.5 Å². The van der Waals surface area contributed by atoms with E-state index in [4.69, 9.17) is 21.1 Å². The number of nitrogens with zero attached hydrogens (tertiary/aromatic N) is 4. The number of anilines is 1. The Morgan fingerprint density at radius 2 is 1.74 bits per heavy atom. The number of benzene rings is 2. The molecule has 0 spiro atoms. The zero-order valence-corrected chi connectivity index (χ0v) is 29.0. The Hall–Kier alpha value is -2.71. The van der Waals surface area contributed by atoms with E-state index in [9.17, 15) is 19.4 Å². The van der Waals surface area contributed by atoms with Gasteiger partial charge in [0.25, 0.3) is 5.88 Å². The van der Waals surface area contributed by atoms with Crippen molar-refractivity contribution in [3.63, 3.8) is 0 Å². The average Bonchev–Trinajstić information content (AvgIpc) is 3.53. The van der Waals surface area contributed by atoms with Gasteiger partial charge in [0.1, 0.15) is 18.5 Å². The molecule has 2 aliphatic heterocycles. The topological polar surface area (TPSA) is 120 Å². The van der Waals surface area contributed by atoms with E-state index >= 15 is 0 Å². The first-order valence-electron chi connectivity index (χ1n) is 16.1. The van der Waals surface area contributed by atoms with E-state index in [1.165, 1.54) is 24.3 Å². The number of aliphatic hydroxyl groups excluding tert-OH is 1. The summed E-state index contributed by atoms with van der Waals surface area (Å²) >= 11 is 7.04. The van der Waals surface area contributed by atoms with Crippen LogP contribution >= 0.6 is 23.3 Å². The van der Waals surface area contributed by atoms with Crippen molar-refractivity contribution in [2.75, 3.05) is 64.0 Å². The lowest BCUT2D eigenvalue weighted by Crippen LogP contribution is -2.42. The third-order valence-electron chi connectivity index (χ3n) is 8.14. The van der Waals surface area contributed by atoms with E-state index in [0.717, 1.165) is 62.3 Å². The van der Waals surface area contributed by atoms with Crippen LogP contribution in [0.3, 0.4) is 0 Å². The van der Waals surface area contributed by atoms with Crippen LogP contribution in [0.2, 0.25) is 5.02 Å². The first kappa shape index (κ1) is 37.1. The van der Waals surface area contributed by atoms with Crippen LogP contribution < -0.4 is 15.0 Å². The molecule has 0 unspecified atom stereocenters. The summed E-state index contributed by atoms with van der Waals surface area (Å²) in [6, 6.07) is 13.1. The molecule has 1 aromatic heterocycles. The molecule has 2 aromatic carbocycles. The Kier molecular flexibility index (Phi) is 13.9. The first-order valence-corrected chi connectivity index (χ1v) is 17.2. The highest BCUT2D eigenvalue weighted by atomic mass is 35.5. The summed E-state index contributed by atoms with van der Waals surface area (Å²) < 4.78 is 32.3. The lowest BCUT2D eigenvalue weighted by Gasteiger charge is -2.38. The average molecular weight is 692 g/mol. The fourth-order valence-electron chi connectivity index (χ4n) is 5.33. The number of aromatic nitrogens is 2. The molecule has 0 bridgehead atoms. The van der Waals surface area contributed by atoms with Crippen LogP contribution in [0.5, 0.6) is 5.88 Å². The standard InChI is InChI=1S/C21H23ClFNO2.C13H24N4O3S/c22-18-7-5-17(6-8-18)21(26)11-14-24(15-12-21)13-1-2-20(25)16-3-9-19(23)10-4-16;1-13(2,3)14-8-10(18)9-20-12-11(15-21-16-12)17-4-6-19-7-5-17/h3-10,26H,1-2,11-15H2;10,14,18H,4-9H2,1-3H3/t;10-/m.0/s1. The van der Waals surface area contributed by atoms with Crippen molar-refractivity contribution in [2.45, 2.75) is 63.7 Å². The van der Waals surface area contributed by atoms with Crippen molar-refractivity contribution in [1.82, 2.24) is 19.0 Å². The van der Waals surface area contributed by atoms with Crippen LogP contribution in [-0.4, -0.2) is 100 Å². The third kappa shape index (κ3) is 12.0. The van der Waals surface area contributed by atoms with Gasteiger partial charge in [-0.1, -0.05) is 23.7 Å². The van der Waals surface area contributed by atoms with E-state index in [1.807, 2.05) is 24.3 Å². The maximum absolute atomic E-state index is 12.9. The highest BCUT2D eigenvalue weighted by Gasteiger charge is 2.33. The molecule has 0 saturated carbocycles. The molecule has 5 rings (SSSR count). The molecule has 0 radical (unpaired) electrons. The number of β-amino-alcohol motifs (C(OH)–C–C–N with tert-alkyl or cyclic N) is 1. The second-order valence-corrected chi connectivity index (χ2v) is 14.0. The maximum Gasteiger partial charge on any atom is 0.270 e. The van der Waals surface area contributed by atoms with Gasteiger partial charge in [-0.2, -0.15) is 4.37 Å². The minimum Gasteiger partial charge on any atom is -0.472 e.